The molecule has 0 saturated carbocycles. The molecule has 4 nitrogen and oxygen atoms in total. The van der Waals surface area contributed by atoms with Gasteiger partial charge in [0.05, 0.1) is 35.2 Å². The lowest BCUT2D eigenvalue weighted by atomic mass is 10.2. The summed E-state index contributed by atoms with van der Waals surface area (Å²) in [5.41, 5.74) is 3.25. The molecule has 1 aromatic carbocycles. The Hall–Kier alpha value is -1.49. The molecule has 2 rings (SSSR count). The molecule has 0 aliphatic heterocycles. The van der Waals surface area contributed by atoms with Crippen molar-refractivity contribution < 1.29 is 4.74 Å². The van der Waals surface area contributed by atoms with Crippen molar-refractivity contribution >= 4 is 21.6 Å². The van der Waals surface area contributed by atoms with Crippen LogP contribution in [0.5, 0.6) is 5.75 Å². The second kappa shape index (κ2) is 6.79. The summed E-state index contributed by atoms with van der Waals surface area (Å²) in [6.45, 7) is 5.79. The number of benzene rings is 1. The van der Waals surface area contributed by atoms with Gasteiger partial charge < -0.3 is 10.1 Å². The van der Waals surface area contributed by atoms with E-state index in [0.29, 0.717) is 6.54 Å². The second-order valence-corrected chi connectivity index (χ2v) is 5.22. The van der Waals surface area contributed by atoms with E-state index in [2.05, 4.69) is 40.2 Å². The predicted octanol–water partition coefficient (Wildman–Crippen LogP) is 3.85. The summed E-state index contributed by atoms with van der Waals surface area (Å²) in [6, 6.07) is 7.92. The lowest BCUT2D eigenvalue weighted by Gasteiger charge is -2.12. The normalized spacial score (nSPS) is 10.6. The molecule has 0 aliphatic rings. The number of nitrogens with zero attached hydrogens (tertiary/aromatic N) is 2. The van der Waals surface area contributed by atoms with Crippen molar-refractivity contribution in [1.82, 2.24) is 9.78 Å². The number of para-hydroxylation sites is 2. The first-order valence-corrected chi connectivity index (χ1v) is 7.61. The van der Waals surface area contributed by atoms with Gasteiger partial charge >= 0.3 is 0 Å². The summed E-state index contributed by atoms with van der Waals surface area (Å²) < 4.78 is 8.48. The topological polar surface area (TPSA) is 39.1 Å². The number of hydrogen-bond acceptors (Lipinski definition) is 3. The molecule has 0 atom stereocenters. The largest absolute Gasteiger partial charge is 0.495 e. The second-order valence-electron chi connectivity index (χ2n) is 4.43. The zero-order valence-electron chi connectivity index (χ0n) is 12.1. The van der Waals surface area contributed by atoms with Crippen LogP contribution in [-0.2, 0) is 19.5 Å². The molecule has 0 spiro atoms. The first-order valence-electron chi connectivity index (χ1n) is 6.82. The van der Waals surface area contributed by atoms with Crippen LogP contribution in [0, 0.1) is 0 Å². The van der Waals surface area contributed by atoms with Crippen LogP contribution >= 0.6 is 15.9 Å². The molecule has 0 amide bonds. The molecule has 2 aromatic rings. The number of methoxy groups -OCH3 is 1. The van der Waals surface area contributed by atoms with Crippen LogP contribution < -0.4 is 10.1 Å². The minimum absolute atomic E-state index is 0.710. The minimum atomic E-state index is 0.710. The van der Waals surface area contributed by atoms with Gasteiger partial charge in [-0.1, -0.05) is 19.1 Å². The van der Waals surface area contributed by atoms with Crippen LogP contribution in [-0.4, -0.2) is 16.9 Å². The molecular formula is C15H20BrN3O. The molecule has 108 valence electrons. The van der Waals surface area contributed by atoms with E-state index in [9.17, 15) is 0 Å². The summed E-state index contributed by atoms with van der Waals surface area (Å²) in [6.07, 6.45) is 0.926. The number of aryl methyl sites for hydroxylation is 2. The Bertz CT molecular complexity index is 580. The Morgan fingerprint density at radius 3 is 2.70 bits per heavy atom. The van der Waals surface area contributed by atoms with Crippen LogP contribution in [0.2, 0.25) is 0 Å². The van der Waals surface area contributed by atoms with Crippen molar-refractivity contribution in [2.24, 2.45) is 0 Å². The van der Waals surface area contributed by atoms with Gasteiger partial charge in [0.25, 0.3) is 0 Å². The average Bonchev–Trinajstić information content (AvgIpc) is 2.81. The van der Waals surface area contributed by atoms with Crippen molar-refractivity contribution in [3.63, 3.8) is 0 Å². The van der Waals surface area contributed by atoms with Gasteiger partial charge in [-0.25, -0.2) is 0 Å². The van der Waals surface area contributed by atoms with E-state index in [0.717, 1.165) is 40.3 Å². The standard InChI is InChI=1S/C15H20BrN3O/c1-4-11-15(16)13(19(5-2)18-11)10-17-12-8-6-7-9-14(12)20-3/h6-9,17H,4-5,10H2,1-3H3. The fourth-order valence-electron chi connectivity index (χ4n) is 2.16. The van der Waals surface area contributed by atoms with E-state index in [1.54, 1.807) is 7.11 Å². The molecule has 1 N–H and O–H groups in total. The summed E-state index contributed by atoms with van der Waals surface area (Å²) in [7, 11) is 1.68. The number of rotatable bonds is 6. The first-order chi connectivity index (χ1) is 9.71. The maximum absolute atomic E-state index is 5.35. The molecular weight excluding hydrogens is 318 g/mol. The quantitative estimate of drug-likeness (QED) is 0.870. The van der Waals surface area contributed by atoms with Gasteiger partial charge in [-0.15, -0.1) is 0 Å². The molecule has 0 radical (unpaired) electrons. The molecule has 0 unspecified atom stereocenters. The van der Waals surface area contributed by atoms with Gasteiger partial charge in [0.15, 0.2) is 0 Å². The highest BCUT2D eigenvalue weighted by molar-refractivity contribution is 9.10. The molecule has 0 fully saturated rings. The Morgan fingerprint density at radius 2 is 2.05 bits per heavy atom. The van der Waals surface area contributed by atoms with Crippen molar-refractivity contribution in [3.8, 4) is 5.75 Å². The number of nitrogens with one attached hydrogen (secondary N) is 1. The third-order valence-corrected chi connectivity index (χ3v) is 4.16. The van der Waals surface area contributed by atoms with Crippen LogP contribution in [0.3, 0.4) is 0 Å². The van der Waals surface area contributed by atoms with E-state index in [1.807, 2.05) is 28.9 Å². The zero-order chi connectivity index (χ0) is 14.5. The predicted molar refractivity (Wildman–Crippen MR) is 85.3 cm³/mol. The van der Waals surface area contributed by atoms with E-state index in [4.69, 9.17) is 4.74 Å². The van der Waals surface area contributed by atoms with Crippen LogP contribution in [0.25, 0.3) is 0 Å². The third-order valence-electron chi connectivity index (χ3n) is 3.25. The lowest BCUT2D eigenvalue weighted by Crippen LogP contribution is -2.09. The highest BCUT2D eigenvalue weighted by Crippen LogP contribution is 2.26. The average molecular weight is 338 g/mol. The van der Waals surface area contributed by atoms with E-state index in [1.165, 1.54) is 0 Å². The van der Waals surface area contributed by atoms with Crippen molar-refractivity contribution in [3.05, 3.63) is 40.1 Å². The lowest BCUT2D eigenvalue weighted by molar-refractivity contribution is 0.416. The highest BCUT2D eigenvalue weighted by atomic mass is 79.9. The maximum atomic E-state index is 5.35. The number of ether oxygens (including phenoxy) is 1. The fourth-order valence-corrected chi connectivity index (χ4v) is 2.86. The Labute approximate surface area is 128 Å². The molecule has 5 heteroatoms. The Balaban J connectivity index is 2.20. The van der Waals surface area contributed by atoms with Crippen molar-refractivity contribution in [2.75, 3.05) is 12.4 Å². The highest BCUT2D eigenvalue weighted by Gasteiger charge is 2.14. The van der Waals surface area contributed by atoms with Gasteiger partial charge in [-0.3, -0.25) is 4.68 Å². The van der Waals surface area contributed by atoms with Crippen LogP contribution in [0.1, 0.15) is 25.2 Å². The molecule has 20 heavy (non-hydrogen) atoms. The van der Waals surface area contributed by atoms with Gasteiger partial charge in [-0.05, 0) is 41.4 Å². The summed E-state index contributed by atoms with van der Waals surface area (Å²) in [4.78, 5) is 0. The third kappa shape index (κ3) is 2.98. The Kier molecular flexibility index (Phi) is 5.06. The minimum Gasteiger partial charge on any atom is -0.495 e. The zero-order valence-corrected chi connectivity index (χ0v) is 13.7. The molecule has 1 heterocycles. The number of hydrogen-bond donors (Lipinski definition) is 1. The van der Waals surface area contributed by atoms with Crippen molar-refractivity contribution in [2.45, 2.75) is 33.4 Å². The van der Waals surface area contributed by atoms with Gasteiger partial charge in [0.1, 0.15) is 5.75 Å². The molecule has 0 saturated heterocycles. The monoisotopic (exact) mass is 337 g/mol. The molecule has 0 aliphatic carbocycles. The van der Waals surface area contributed by atoms with E-state index < -0.39 is 0 Å². The molecule has 1 aromatic heterocycles. The van der Waals surface area contributed by atoms with Crippen LogP contribution in [0.4, 0.5) is 5.69 Å². The molecule has 0 bridgehead atoms. The first kappa shape index (κ1) is 14.9. The SMILES string of the molecule is CCc1nn(CC)c(CNc2ccccc2OC)c1Br. The fraction of sp³-hybridized carbons (Fsp3) is 0.400. The van der Waals surface area contributed by atoms with Gasteiger partial charge in [0.2, 0.25) is 0 Å². The smallest absolute Gasteiger partial charge is 0.141 e. The summed E-state index contributed by atoms with van der Waals surface area (Å²) >= 11 is 3.66. The Morgan fingerprint density at radius 1 is 1.30 bits per heavy atom. The summed E-state index contributed by atoms with van der Waals surface area (Å²) in [5, 5.41) is 8.02. The summed E-state index contributed by atoms with van der Waals surface area (Å²) in [5.74, 6) is 0.849. The number of halogens is 1. The van der Waals surface area contributed by atoms with E-state index in [-0.39, 0.29) is 0 Å². The van der Waals surface area contributed by atoms with Gasteiger partial charge in [0, 0.05) is 6.54 Å². The maximum Gasteiger partial charge on any atom is 0.141 e. The van der Waals surface area contributed by atoms with Crippen LogP contribution in [0.15, 0.2) is 28.7 Å². The number of anilines is 1. The van der Waals surface area contributed by atoms with E-state index >= 15 is 0 Å². The number of aromatic nitrogens is 2. The van der Waals surface area contributed by atoms with Gasteiger partial charge in [-0.2, -0.15) is 5.10 Å². The van der Waals surface area contributed by atoms with Crippen molar-refractivity contribution in [1.29, 1.82) is 0 Å².